The fraction of sp³-hybridized carbons (Fsp3) is 0.182. The van der Waals surface area contributed by atoms with Gasteiger partial charge in [-0.05, 0) is 13.0 Å². The maximum Gasteiger partial charge on any atom is 0.266 e. The summed E-state index contributed by atoms with van der Waals surface area (Å²) in [6.45, 7) is 0.809. The van der Waals surface area contributed by atoms with Crippen LogP contribution in [-0.4, -0.2) is 5.91 Å². The Morgan fingerprint density at radius 2 is 1.53 bits per heavy atom. The van der Waals surface area contributed by atoms with E-state index < -0.39 is 52.9 Å². The van der Waals surface area contributed by atoms with Crippen LogP contribution < -0.4 is 5.32 Å². The summed E-state index contributed by atoms with van der Waals surface area (Å²) in [4.78, 5) is 11.1. The highest BCUT2D eigenvalue weighted by molar-refractivity contribution is 5.92. The standard InChI is InChI=1S/C11H7F6NO/c1-4-7(14)9(16)11(10(17)8(4)15)18-6(19)3-2-5(12)13/h2H,3H2,1H3,(H,18,19). The van der Waals surface area contributed by atoms with Crippen molar-refractivity contribution >= 4 is 11.6 Å². The predicted molar refractivity (Wildman–Crippen MR) is 54.6 cm³/mol. The Labute approximate surface area is 103 Å². The van der Waals surface area contributed by atoms with Gasteiger partial charge < -0.3 is 5.32 Å². The molecule has 1 aromatic carbocycles. The number of nitrogens with one attached hydrogen (secondary N) is 1. The molecule has 104 valence electrons. The Morgan fingerprint density at radius 1 is 1.05 bits per heavy atom. The highest BCUT2D eigenvalue weighted by atomic mass is 19.3. The lowest BCUT2D eigenvalue weighted by Gasteiger charge is -2.10. The van der Waals surface area contributed by atoms with Crippen molar-refractivity contribution in [2.75, 3.05) is 5.32 Å². The summed E-state index contributed by atoms with van der Waals surface area (Å²) >= 11 is 0. The Morgan fingerprint density at radius 3 is 1.95 bits per heavy atom. The van der Waals surface area contributed by atoms with Crippen LogP contribution in [0.2, 0.25) is 0 Å². The Balaban J connectivity index is 3.09. The van der Waals surface area contributed by atoms with Crippen LogP contribution in [0.25, 0.3) is 0 Å². The van der Waals surface area contributed by atoms with Crippen molar-refractivity contribution < 1.29 is 31.1 Å². The lowest BCUT2D eigenvalue weighted by atomic mass is 10.1. The van der Waals surface area contributed by atoms with Gasteiger partial charge in [-0.3, -0.25) is 4.79 Å². The molecule has 19 heavy (non-hydrogen) atoms. The first-order chi connectivity index (χ1) is 8.75. The van der Waals surface area contributed by atoms with E-state index in [1.54, 1.807) is 0 Å². The number of hydrogen-bond donors (Lipinski definition) is 1. The molecule has 0 saturated heterocycles. The maximum absolute atomic E-state index is 13.3. The fourth-order valence-electron chi connectivity index (χ4n) is 1.21. The van der Waals surface area contributed by atoms with Gasteiger partial charge in [-0.2, -0.15) is 8.78 Å². The van der Waals surface area contributed by atoms with E-state index in [2.05, 4.69) is 0 Å². The number of amides is 1. The van der Waals surface area contributed by atoms with Crippen LogP contribution >= 0.6 is 0 Å². The summed E-state index contributed by atoms with van der Waals surface area (Å²) in [7, 11) is 0. The molecule has 0 aliphatic carbocycles. The monoisotopic (exact) mass is 283 g/mol. The molecular formula is C11H7F6NO. The van der Waals surface area contributed by atoms with Crippen LogP contribution in [0.1, 0.15) is 12.0 Å². The number of carbonyl (C=O) groups excluding carboxylic acids is 1. The minimum Gasteiger partial charge on any atom is -0.321 e. The largest absolute Gasteiger partial charge is 0.321 e. The number of anilines is 1. The zero-order chi connectivity index (χ0) is 14.7. The molecule has 8 heteroatoms. The SMILES string of the molecule is Cc1c(F)c(F)c(NC(=O)CC=C(F)F)c(F)c1F. The maximum atomic E-state index is 13.3. The molecule has 0 aliphatic rings. The van der Waals surface area contributed by atoms with Crippen molar-refractivity contribution in [1.82, 2.24) is 0 Å². The topological polar surface area (TPSA) is 29.1 Å². The first kappa shape index (κ1) is 15.1. The van der Waals surface area contributed by atoms with Gasteiger partial charge in [-0.25, -0.2) is 17.6 Å². The first-order valence-corrected chi connectivity index (χ1v) is 4.89. The van der Waals surface area contributed by atoms with Crippen molar-refractivity contribution in [3.05, 3.63) is 41.0 Å². The molecular weight excluding hydrogens is 276 g/mol. The molecule has 0 saturated carbocycles. The highest BCUT2D eigenvalue weighted by Gasteiger charge is 2.24. The lowest BCUT2D eigenvalue weighted by Crippen LogP contribution is -2.15. The van der Waals surface area contributed by atoms with E-state index in [-0.39, 0.29) is 6.08 Å². The minimum absolute atomic E-state index is 0.187. The van der Waals surface area contributed by atoms with Gasteiger partial charge in [0.15, 0.2) is 23.3 Å². The van der Waals surface area contributed by atoms with Crippen LogP contribution in [0.15, 0.2) is 12.2 Å². The molecule has 1 rings (SSSR count). The molecule has 1 aromatic rings. The molecule has 2 nitrogen and oxygen atoms in total. The second kappa shape index (κ2) is 5.77. The van der Waals surface area contributed by atoms with E-state index in [9.17, 15) is 31.1 Å². The summed E-state index contributed by atoms with van der Waals surface area (Å²) in [6, 6.07) is 0. The van der Waals surface area contributed by atoms with Gasteiger partial charge in [0.2, 0.25) is 5.91 Å². The van der Waals surface area contributed by atoms with Crippen LogP contribution in [0, 0.1) is 30.2 Å². The molecule has 1 amide bonds. The van der Waals surface area contributed by atoms with E-state index in [0.29, 0.717) is 0 Å². The van der Waals surface area contributed by atoms with Gasteiger partial charge in [0.1, 0.15) is 5.69 Å². The van der Waals surface area contributed by atoms with Crippen molar-refractivity contribution in [2.45, 2.75) is 13.3 Å². The van der Waals surface area contributed by atoms with Gasteiger partial charge in [-0.1, -0.05) is 0 Å². The van der Waals surface area contributed by atoms with Crippen molar-refractivity contribution in [1.29, 1.82) is 0 Å². The number of carbonyl (C=O) groups is 1. The lowest BCUT2D eigenvalue weighted by molar-refractivity contribution is -0.115. The molecule has 0 heterocycles. The highest BCUT2D eigenvalue weighted by Crippen LogP contribution is 2.27. The van der Waals surface area contributed by atoms with Crippen molar-refractivity contribution in [2.24, 2.45) is 0 Å². The van der Waals surface area contributed by atoms with Gasteiger partial charge >= 0.3 is 0 Å². The quantitative estimate of drug-likeness (QED) is 0.665. The Hall–Kier alpha value is -1.99. The third-order valence-corrected chi connectivity index (χ3v) is 2.19. The van der Waals surface area contributed by atoms with Gasteiger partial charge in [0.25, 0.3) is 6.08 Å². The van der Waals surface area contributed by atoms with Crippen LogP contribution in [0.5, 0.6) is 0 Å². The molecule has 0 unspecified atom stereocenters. The zero-order valence-electron chi connectivity index (χ0n) is 9.46. The van der Waals surface area contributed by atoms with E-state index in [4.69, 9.17) is 0 Å². The molecule has 0 bridgehead atoms. The number of benzene rings is 1. The molecule has 0 atom stereocenters. The fourth-order valence-corrected chi connectivity index (χ4v) is 1.21. The second-order valence-corrected chi connectivity index (χ2v) is 3.50. The average Bonchev–Trinajstić information content (AvgIpc) is 2.36. The number of hydrogen-bond acceptors (Lipinski definition) is 1. The zero-order valence-corrected chi connectivity index (χ0v) is 9.46. The van der Waals surface area contributed by atoms with E-state index in [1.165, 1.54) is 5.32 Å². The second-order valence-electron chi connectivity index (χ2n) is 3.50. The molecule has 0 radical (unpaired) electrons. The average molecular weight is 283 g/mol. The molecule has 0 fully saturated rings. The Bertz CT molecular complexity index is 522. The smallest absolute Gasteiger partial charge is 0.266 e. The summed E-state index contributed by atoms with van der Waals surface area (Å²) < 4.78 is 76.2. The molecule has 0 aromatic heterocycles. The van der Waals surface area contributed by atoms with Gasteiger partial charge in [-0.15, -0.1) is 0 Å². The van der Waals surface area contributed by atoms with Crippen LogP contribution in [0.4, 0.5) is 32.0 Å². The summed E-state index contributed by atoms with van der Waals surface area (Å²) in [5.41, 5.74) is -2.24. The van der Waals surface area contributed by atoms with E-state index >= 15 is 0 Å². The number of halogens is 6. The van der Waals surface area contributed by atoms with Gasteiger partial charge in [0.05, 0.1) is 6.42 Å². The van der Waals surface area contributed by atoms with Crippen molar-refractivity contribution in [3.63, 3.8) is 0 Å². The van der Waals surface area contributed by atoms with E-state index in [1.807, 2.05) is 0 Å². The molecule has 0 aliphatic heterocycles. The number of rotatable bonds is 3. The van der Waals surface area contributed by atoms with Crippen molar-refractivity contribution in [3.8, 4) is 0 Å². The summed E-state index contributed by atoms with van der Waals surface area (Å²) in [5, 5.41) is 1.50. The van der Waals surface area contributed by atoms with Crippen LogP contribution in [0.3, 0.4) is 0 Å². The van der Waals surface area contributed by atoms with E-state index in [0.717, 1.165) is 6.92 Å². The van der Waals surface area contributed by atoms with Gasteiger partial charge in [0, 0.05) is 5.56 Å². The predicted octanol–water partition coefficient (Wildman–Crippen LogP) is 3.66. The summed E-state index contributed by atoms with van der Waals surface area (Å²) in [5.74, 6) is -8.17. The summed E-state index contributed by atoms with van der Waals surface area (Å²) in [6.07, 6.45) is -2.87. The Kier molecular flexibility index (Phi) is 4.57. The first-order valence-electron chi connectivity index (χ1n) is 4.89. The molecule has 1 N–H and O–H groups in total. The molecule has 0 spiro atoms. The normalized spacial score (nSPS) is 10.3. The van der Waals surface area contributed by atoms with Crippen LogP contribution in [-0.2, 0) is 4.79 Å². The third-order valence-electron chi connectivity index (χ3n) is 2.19. The third kappa shape index (κ3) is 3.27. The minimum atomic E-state index is -2.17.